The molecule has 0 fully saturated rings. The number of hydrogen-bond acceptors (Lipinski definition) is 2. The summed E-state index contributed by atoms with van der Waals surface area (Å²) in [6.45, 7) is 0. The summed E-state index contributed by atoms with van der Waals surface area (Å²) >= 11 is 0. The molecule has 0 N–H and O–H groups in total. The van der Waals surface area contributed by atoms with E-state index in [1.54, 1.807) is 0 Å². The topological polar surface area (TPSA) is 16.4 Å². The summed E-state index contributed by atoms with van der Waals surface area (Å²) in [4.78, 5) is 2.41. The Morgan fingerprint density at radius 3 is 1.74 bits per heavy atom. The smallest absolute Gasteiger partial charge is 0.145 e. The quantitative estimate of drug-likeness (QED) is 0.168. The van der Waals surface area contributed by atoms with E-state index in [4.69, 9.17) is 4.42 Å². The number of nitrogens with zero attached hydrogens (tertiary/aromatic N) is 1. The minimum atomic E-state index is 0.884. The Balaban J connectivity index is 1.16. The number of rotatable bonds is 5. The van der Waals surface area contributed by atoms with Gasteiger partial charge >= 0.3 is 0 Å². The predicted octanol–water partition coefficient (Wildman–Crippen LogP) is 15.0. The highest BCUT2D eigenvalue weighted by Gasteiger charge is 2.22. The summed E-state index contributed by atoms with van der Waals surface area (Å²) in [6, 6.07) is 72.3. The lowest BCUT2D eigenvalue weighted by Crippen LogP contribution is -2.10. The van der Waals surface area contributed by atoms with Crippen LogP contribution in [0.5, 0.6) is 0 Å². The van der Waals surface area contributed by atoms with E-state index in [-0.39, 0.29) is 0 Å². The number of benzene rings is 10. The molecule has 0 spiro atoms. The van der Waals surface area contributed by atoms with Gasteiger partial charge in [-0.25, -0.2) is 0 Å². The largest absolute Gasteiger partial charge is 0.455 e. The zero-order valence-electron chi connectivity index (χ0n) is 29.4. The molecule has 0 amide bonds. The van der Waals surface area contributed by atoms with Crippen molar-refractivity contribution in [3.63, 3.8) is 0 Å². The van der Waals surface area contributed by atoms with Crippen LogP contribution < -0.4 is 4.90 Å². The van der Waals surface area contributed by atoms with Crippen molar-refractivity contribution in [2.24, 2.45) is 0 Å². The van der Waals surface area contributed by atoms with Crippen molar-refractivity contribution >= 4 is 82.1 Å². The first-order valence-corrected chi connectivity index (χ1v) is 18.5. The molecular weight excluding hydrogens is 655 g/mol. The molecule has 11 aromatic rings. The second-order valence-corrected chi connectivity index (χ2v) is 14.1. The van der Waals surface area contributed by atoms with Crippen LogP contribution in [0.1, 0.15) is 0 Å². The molecular formula is C52H33NO. The number of anilines is 3. The van der Waals surface area contributed by atoms with Gasteiger partial charge in [0.15, 0.2) is 0 Å². The van der Waals surface area contributed by atoms with E-state index >= 15 is 0 Å². The highest BCUT2D eigenvalue weighted by molar-refractivity contribution is 6.22. The maximum atomic E-state index is 6.68. The van der Waals surface area contributed by atoms with Gasteiger partial charge in [0, 0.05) is 22.1 Å². The van der Waals surface area contributed by atoms with E-state index in [0.29, 0.717) is 0 Å². The molecule has 1 heterocycles. The van der Waals surface area contributed by atoms with E-state index in [0.717, 1.165) is 49.8 Å². The summed E-state index contributed by atoms with van der Waals surface area (Å²) in [5.41, 5.74) is 9.89. The first-order valence-electron chi connectivity index (χ1n) is 18.5. The van der Waals surface area contributed by atoms with Crippen LogP contribution in [-0.2, 0) is 0 Å². The average Bonchev–Trinajstić information content (AvgIpc) is 3.64. The van der Waals surface area contributed by atoms with E-state index in [1.807, 2.05) is 6.07 Å². The maximum absolute atomic E-state index is 6.68. The Labute approximate surface area is 312 Å². The van der Waals surface area contributed by atoms with E-state index in [1.165, 1.54) is 54.6 Å². The molecule has 10 aromatic carbocycles. The van der Waals surface area contributed by atoms with Crippen molar-refractivity contribution < 1.29 is 4.42 Å². The summed E-state index contributed by atoms with van der Waals surface area (Å²) in [5.74, 6) is 0. The van der Waals surface area contributed by atoms with Gasteiger partial charge in [0.1, 0.15) is 11.2 Å². The van der Waals surface area contributed by atoms with Crippen molar-refractivity contribution in [3.05, 3.63) is 200 Å². The molecule has 0 aliphatic carbocycles. The van der Waals surface area contributed by atoms with Gasteiger partial charge in [-0.2, -0.15) is 0 Å². The van der Waals surface area contributed by atoms with Gasteiger partial charge in [0.25, 0.3) is 0 Å². The van der Waals surface area contributed by atoms with Crippen molar-refractivity contribution in [2.45, 2.75) is 0 Å². The third-order valence-electron chi connectivity index (χ3n) is 11.0. The van der Waals surface area contributed by atoms with Crippen LogP contribution in [-0.4, -0.2) is 0 Å². The number of hydrogen-bond donors (Lipinski definition) is 0. The third-order valence-corrected chi connectivity index (χ3v) is 11.0. The van der Waals surface area contributed by atoms with Gasteiger partial charge < -0.3 is 9.32 Å². The van der Waals surface area contributed by atoms with Crippen LogP contribution in [0.2, 0.25) is 0 Å². The fourth-order valence-electron chi connectivity index (χ4n) is 8.50. The molecule has 2 heteroatoms. The zero-order chi connectivity index (χ0) is 35.6. The molecule has 0 unspecified atom stereocenters. The van der Waals surface area contributed by atoms with Crippen molar-refractivity contribution in [3.8, 4) is 22.3 Å². The molecule has 0 saturated carbocycles. The van der Waals surface area contributed by atoms with E-state index in [9.17, 15) is 0 Å². The SMILES string of the molecule is c1ccc(-c2ccc(N(c3ccc4c(-c5cc6ccccc6c6ccccc56)cccc4c3)c3cc4ccccc4c4oc5ccccc5c34)cc2)cc1. The number of para-hydroxylation sites is 1. The van der Waals surface area contributed by atoms with Crippen LogP contribution in [0.4, 0.5) is 17.1 Å². The van der Waals surface area contributed by atoms with Gasteiger partial charge in [-0.3, -0.25) is 0 Å². The highest BCUT2D eigenvalue weighted by Crippen LogP contribution is 2.47. The Morgan fingerprint density at radius 1 is 0.333 bits per heavy atom. The van der Waals surface area contributed by atoms with Crippen LogP contribution in [0.25, 0.3) is 87.3 Å². The van der Waals surface area contributed by atoms with E-state index in [2.05, 4.69) is 199 Å². The normalized spacial score (nSPS) is 11.7. The minimum absolute atomic E-state index is 0.884. The Morgan fingerprint density at radius 2 is 0.926 bits per heavy atom. The number of furan rings is 1. The average molecular weight is 688 g/mol. The molecule has 2 nitrogen and oxygen atoms in total. The van der Waals surface area contributed by atoms with Crippen LogP contribution >= 0.6 is 0 Å². The van der Waals surface area contributed by atoms with Gasteiger partial charge in [-0.15, -0.1) is 0 Å². The fraction of sp³-hybridized carbons (Fsp3) is 0. The summed E-state index contributed by atoms with van der Waals surface area (Å²) in [7, 11) is 0. The first-order chi connectivity index (χ1) is 26.8. The second-order valence-electron chi connectivity index (χ2n) is 14.1. The first kappa shape index (κ1) is 30.5. The summed E-state index contributed by atoms with van der Waals surface area (Å²) in [5, 5.41) is 11.9. The van der Waals surface area contributed by atoms with Gasteiger partial charge in [-0.1, -0.05) is 158 Å². The summed E-state index contributed by atoms with van der Waals surface area (Å²) < 4.78 is 6.68. The standard InChI is InChI=1S/C52H33NO/c1-2-13-34(14-3-1)35-25-27-39(28-26-35)53(49-33-38-16-5-7-19-43(38)52-51(49)47-22-10-11-24-50(47)54-52)40-29-30-42-36(31-40)17-12-23-45(42)48-32-37-15-4-6-18-41(37)44-20-8-9-21-46(44)48/h1-33H. The molecule has 0 atom stereocenters. The molecule has 252 valence electrons. The molecule has 0 aliphatic rings. The lowest BCUT2D eigenvalue weighted by Gasteiger charge is -2.27. The Hall–Kier alpha value is -7.16. The molecule has 1 aromatic heterocycles. The molecule has 11 rings (SSSR count). The lowest BCUT2D eigenvalue weighted by molar-refractivity contribution is 0.672. The van der Waals surface area contributed by atoms with E-state index < -0.39 is 0 Å². The lowest BCUT2D eigenvalue weighted by atomic mass is 9.90. The molecule has 0 saturated heterocycles. The van der Waals surface area contributed by atoms with Gasteiger partial charge in [0.2, 0.25) is 0 Å². The van der Waals surface area contributed by atoms with Crippen molar-refractivity contribution in [1.29, 1.82) is 0 Å². The van der Waals surface area contributed by atoms with Crippen LogP contribution in [0.15, 0.2) is 205 Å². The Kier molecular flexibility index (Phi) is 6.90. The van der Waals surface area contributed by atoms with Crippen molar-refractivity contribution in [1.82, 2.24) is 0 Å². The van der Waals surface area contributed by atoms with Crippen LogP contribution in [0, 0.1) is 0 Å². The molecule has 0 aliphatic heterocycles. The van der Waals surface area contributed by atoms with Crippen molar-refractivity contribution in [2.75, 3.05) is 4.90 Å². The summed E-state index contributed by atoms with van der Waals surface area (Å²) in [6.07, 6.45) is 0. The predicted molar refractivity (Wildman–Crippen MR) is 229 cm³/mol. The van der Waals surface area contributed by atoms with Gasteiger partial charge in [0.05, 0.1) is 11.1 Å². The van der Waals surface area contributed by atoms with Gasteiger partial charge in [-0.05, 0) is 102 Å². The third kappa shape index (κ3) is 4.81. The minimum Gasteiger partial charge on any atom is -0.455 e. The Bertz CT molecular complexity index is 3210. The molecule has 0 bridgehead atoms. The number of fused-ring (bicyclic) bond motifs is 9. The highest BCUT2D eigenvalue weighted by atomic mass is 16.3. The fourth-order valence-corrected chi connectivity index (χ4v) is 8.50. The van der Waals surface area contributed by atoms with Crippen LogP contribution in [0.3, 0.4) is 0 Å². The monoisotopic (exact) mass is 687 g/mol. The maximum Gasteiger partial charge on any atom is 0.145 e. The molecule has 0 radical (unpaired) electrons. The zero-order valence-corrected chi connectivity index (χ0v) is 29.4. The second kappa shape index (κ2) is 12.2. The molecule has 54 heavy (non-hydrogen) atoms.